The van der Waals surface area contributed by atoms with E-state index in [1.54, 1.807) is 4.90 Å². The summed E-state index contributed by atoms with van der Waals surface area (Å²) >= 11 is 5.95. The van der Waals surface area contributed by atoms with Crippen LogP contribution in [-0.4, -0.2) is 64.8 Å². The highest BCUT2D eigenvalue weighted by atomic mass is 35.5. The van der Waals surface area contributed by atoms with Crippen LogP contribution in [0.2, 0.25) is 5.02 Å². The van der Waals surface area contributed by atoms with Gasteiger partial charge in [-0.15, -0.1) is 13.2 Å². The van der Waals surface area contributed by atoms with Gasteiger partial charge in [-0.2, -0.15) is 4.39 Å². The van der Waals surface area contributed by atoms with Crippen molar-refractivity contribution in [2.75, 3.05) is 35.6 Å². The van der Waals surface area contributed by atoms with Gasteiger partial charge in [-0.3, -0.25) is 9.59 Å². The van der Waals surface area contributed by atoms with E-state index in [9.17, 15) is 27.2 Å². The normalized spacial score (nSPS) is 22.6. The molecule has 2 amide bonds. The van der Waals surface area contributed by atoms with Crippen molar-refractivity contribution in [3.63, 3.8) is 0 Å². The minimum atomic E-state index is -4.91. The Morgan fingerprint density at radius 2 is 1.95 bits per heavy atom. The van der Waals surface area contributed by atoms with E-state index < -0.39 is 41.8 Å². The van der Waals surface area contributed by atoms with Crippen LogP contribution in [-0.2, 0) is 9.59 Å². The van der Waals surface area contributed by atoms with E-state index in [0.717, 1.165) is 18.5 Å². The number of alkyl halides is 3. The molecule has 0 bridgehead atoms. The number of likely N-dealkylation sites (tertiary alicyclic amines) is 1. The molecule has 0 saturated carbocycles. The van der Waals surface area contributed by atoms with Crippen LogP contribution in [0.4, 0.5) is 34.9 Å². The summed E-state index contributed by atoms with van der Waals surface area (Å²) in [6.07, 6.45) is -2.63. The fourth-order valence-corrected chi connectivity index (χ4v) is 4.99. The van der Waals surface area contributed by atoms with Gasteiger partial charge in [-0.05, 0) is 31.4 Å². The second kappa shape index (κ2) is 10.4. The van der Waals surface area contributed by atoms with E-state index in [-0.39, 0.29) is 47.8 Å². The highest BCUT2D eigenvalue weighted by Gasteiger charge is 2.42. The molecule has 2 aliphatic rings. The molecule has 15 heteroatoms. The summed E-state index contributed by atoms with van der Waals surface area (Å²) in [6.45, 7) is 0.636. The minimum Gasteiger partial charge on any atom is -0.406 e. The van der Waals surface area contributed by atoms with Gasteiger partial charge in [0.05, 0.1) is 12.0 Å². The molecule has 1 aromatic heterocycles. The number of halogens is 5. The lowest BCUT2D eigenvalue weighted by molar-refractivity contribution is -0.274. The van der Waals surface area contributed by atoms with Crippen LogP contribution in [0, 0.1) is 11.7 Å². The standard InChI is InChI=1S/C22H24ClF4N7O3/c23-11-6-12(8-13(7-11)37-22(25,26)27)32-15-2-1-4-34(21(15)36)16-9-33(5-3-14(16)19(29)35)20-17(24)18(28)30-10-31-20/h6-8,10,14-16,32H,1-5,9H2,(H2,29,35)(H2,28,30,31)/t14?,15-,16-/m1/s1. The predicted octanol–water partition coefficient (Wildman–Crippen LogP) is 2.53. The van der Waals surface area contributed by atoms with Crippen molar-refractivity contribution in [2.24, 2.45) is 11.7 Å². The number of anilines is 3. The second-order valence-corrected chi connectivity index (χ2v) is 9.24. The maximum absolute atomic E-state index is 14.6. The number of ether oxygens (including phenoxy) is 1. The fraction of sp³-hybridized carbons (Fsp3) is 0.455. The van der Waals surface area contributed by atoms with Crippen molar-refractivity contribution in [1.82, 2.24) is 14.9 Å². The van der Waals surface area contributed by atoms with Crippen LogP contribution < -0.4 is 26.4 Å². The van der Waals surface area contributed by atoms with Gasteiger partial charge in [0.25, 0.3) is 0 Å². The molecule has 200 valence electrons. The minimum absolute atomic E-state index is 0.0211. The summed E-state index contributed by atoms with van der Waals surface area (Å²) in [6, 6.07) is 1.95. The summed E-state index contributed by atoms with van der Waals surface area (Å²) in [7, 11) is 0. The van der Waals surface area contributed by atoms with Crippen molar-refractivity contribution >= 4 is 40.7 Å². The highest BCUT2D eigenvalue weighted by molar-refractivity contribution is 6.31. The lowest BCUT2D eigenvalue weighted by atomic mass is 9.87. The zero-order valence-corrected chi connectivity index (χ0v) is 20.1. The summed E-state index contributed by atoms with van der Waals surface area (Å²) in [4.78, 5) is 36.4. The monoisotopic (exact) mass is 545 g/mol. The van der Waals surface area contributed by atoms with Crippen molar-refractivity contribution in [1.29, 1.82) is 0 Å². The van der Waals surface area contributed by atoms with Gasteiger partial charge in [0, 0.05) is 36.4 Å². The Bertz CT molecular complexity index is 1190. The SMILES string of the molecule is NC(=O)C1CCN(c2ncnc(N)c2F)C[C@H]1N1CCC[C@@H](Nc2cc(Cl)cc(OC(F)(F)F)c2)C1=O. The molecule has 0 radical (unpaired) electrons. The Hall–Kier alpha value is -3.55. The van der Waals surface area contributed by atoms with E-state index in [0.29, 0.717) is 19.4 Å². The number of primary amides is 1. The maximum Gasteiger partial charge on any atom is 0.573 e. The van der Waals surface area contributed by atoms with Crippen molar-refractivity contribution < 1.29 is 31.9 Å². The van der Waals surface area contributed by atoms with Gasteiger partial charge < -0.3 is 31.3 Å². The lowest BCUT2D eigenvalue weighted by Gasteiger charge is -2.46. The van der Waals surface area contributed by atoms with E-state index in [2.05, 4.69) is 20.0 Å². The number of rotatable bonds is 6. The van der Waals surface area contributed by atoms with Crippen molar-refractivity contribution in [2.45, 2.75) is 37.7 Å². The number of hydrogen-bond donors (Lipinski definition) is 3. The zero-order chi connectivity index (χ0) is 26.9. The molecule has 1 unspecified atom stereocenters. The van der Waals surface area contributed by atoms with Gasteiger partial charge >= 0.3 is 6.36 Å². The Morgan fingerprint density at radius 1 is 1.19 bits per heavy atom. The molecule has 3 heterocycles. The summed E-state index contributed by atoms with van der Waals surface area (Å²) in [5.41, 5.74) is 11.4. The van der Waals surface area contributed by atoms with Crippen molar-refractivity contribution in [3.05, 3.63) is 35.4 Å². The number of carbonyl (C=O) groups is 2. The number of nitrogen functional groups attached to an aromatic ring is 1. The zero-order valence-electron chi connectivity index (χ0n) is 19.3. The van der Waals surface area contributed by atoms with Crippen LogP contribution in [0.1, 0.15) is 19.3 Å². The molecular formula is C22H24ClF4N7O3. The smallest absolute Gasteiger partial charge is 0.406 e. The first-order valence-electron chi connectivity index (χ1n) is 11.4. The number of nitrogens with one attached hydrogen (secondary N) is 1. The summed E-state index contributed by atoms with van der Waals surface area (Å²) < 4.78 is 56.5. The molecular weight excluding hydrogens is 522 g/mol. The van der Waals surface area contributed by atoms with Crippen LogP contribution in [0.5, 0.6) is 5.75 Å². The molecule has 2 aromatic rings. The number of amides is 2. The molecule has 2 fully saturated rings. The van der Waals surface area contributed by atoms with E-state index in [1.807, 2.05) is 0 Å². The van der Waals surface area contributed by atoms with Gasteiger partial charge in [-0.1, -0.05) is 11.6 Å². The molecule has 2 aliphatic heterocycles. The lowest BCUT2D eigenvalue weighted by Crippen LogP contribution is -2.61. The first-order chi connectivity index (χ1) is 17.4. The molecule has 0 aliphatic carbocycles. The third-order valence-corrected chi connectivity index (χ3v) is 6.58. The summed E-state index contributed by atoms with van der Waals surface area (Å²) in [5.74, 6) is -3.39. The maximum atomic E-state index is 14.6. The average molecular weight is 546 g/mol. The number of aromatic nitrogens is 2. The molecule has 5 N–H and O–H groups in total. The van der Waals surface area contributed by atoms with Crippen LogP contribution in [0.3, 0.4) is 0 Å². The van der Waals surface area contributed by atoms with Gasteiger partial charge in [0.2, 0.25) is 17.6 Å². The number of nitrogens with two attached hydrogens (primary N) is 2. The van der Waals surface area contributed by atoms with Crippen LogP contribution in [0.15, 0.2) is 24.5 Å². The molecule has 37 heavy (non-hydrogen) atoms. The summed E-state index contributed by atoms with van der Waals surface area (Å²) in [5, 5.41) is 2.90. The first-order valence-corrected chi connectivity index (χ1v) is 11.7. The number of hydrogen-bond acceptors (Lipinski definition) is 8. The molecule has 2 saturated heterocycles. The third-order valence-electron chi connectivity index (χ3n) is 6.36. The quantitative estimate of drug-likeness (QED) is 0.471. The van der Waals surface area contributed by atoms with Gasteiger partial charge in [-0.25, -0.2) is 9.97 Å². The van der Waals surface area contributed by atoms with Gasteiger partial charge in [0.15, 0.2) is 11.6 Å². The molecule has 1 aromatic carbocycles. The predicted molar refractivity (Wildman–Crippen MR) is 126 cm³/mol. The molecule has 10 nitrogen and oxygen atoms in total. The molecule has 3 atom stereocenters. The van der Waals surface area contributed by atoms with Crippen LogP contribution in [0.25, 0.3) is 0 Å². The van der Waals surface area contributed by atoms with Gasteiger partial charge in [0.1, 0.15) is 18.1 Å². The highest BCUT2D eigenvalue weighted by Crippen LogP contribution is 2.33. The Morgan fingerprint density at radius 3 is 2.65 bits per heavy atom. The number of piperidine rings is 2. The largest absolute Gasteiger partial charge is 0.573 e. The average Bonchev–Trinajstić information content (AvgIpc) is 2.80. The number of benzene rings is 1. The Labute approximate surface area is 213 Å². The van der Waals surface area contributed by atoms with E-state index in [4.69, 9.17) is 23.1 Å². The Kier molecular flexibility index (Phi) is 7.48. The van der Waals surface area contributed by atoms with E-state index >= 15 is 0 Å². The van der Waals surface area contributed by atoms with Crippen LogP contribution >= 0.6 is 11.6 Å². The number of nitrogens with zero attached hydrogens (tertiary/aromatic N) is 4. The first kappa shape index (κ1) is 26.5. The topological polar surface area (TPSA) is 140 Å². The Balaban J connectivity index is 1.55. The third kappa shape index (κ3) is 6.06. The fourth-order valence-electron chi connectivity index (χ4n) is 4.77. The van der Waals surface area contributed by atoms with Crippen molar-refractivity contribution in [3.8, 4) is 5.75 Å². The molecule has 0 spiro atoms. The second-order valence-electron chi connectivity index (χ2n) is 8.80. The number of carbonyl (C=O) groups excluding carboxylic acids is 2. The molecule has 4 rings (SSSR count). The van der Waals surface area contributed by atoms with E-state index in [1.165, 1.54) is 11.0 Å².